The number of nitro benzene ring substituents is 1. The van der Waals surface area contributed by atoms with E-state index < -0.39 is 4.92 Å². The molecular formula is C11H13NO3. The highest BCUT2D eigenvalue weighted by molar-refractivity contribution is 5.82. The minimum atomic E-state index is -0.455. The summed E-state index contributed by atoms with van der Waals surface area (Å²) < 4.78 is 0. The Morgan fingerprint density at radius 3 is 2.67 bits per heavy atom. The van der Waals surface area contributed by atoms with Gasteiger partial charge in [0, 0.05) is 24.5 Å². The minimum absolute atomic E-state index is 0.0315. The Hall–Kier alpha value is -1.71. The van der Waals surface area contributed by atoms with Gasteiger partial charge >= 0.3 is 0 Å². The molecule has 4 nitrogen and oxygen atoms in total. The van der Waals surface area contributed by atoms with Crippen LogP contribution in [0.5, 0.6) is 0 Å². The molecule has 0 bridgehead atoms. The Morgan fingerprint density at radius 1 is 1.47 bits per heavy atom. The van der Waals surface area contributed by atoms with Gasteiger partial charge in [-0.3, -0.25) is 14.9 Å². The zero-order valence-electron chi connectivity index (χ0n) is 8.77. The van der Waals surface area contributed by atoms with Gasteiger partial charge < -0.3 is 0 Å². The van der Waals surface area contributed by atoms with Crippen molar-refractivity contribution in [3.05, 3.63) is 39.9 Å². The fraction of sp³-hybridized carbons (Fsp3) is 0.364. The van der Waals surface area contributed by atoms with E-state index in [4.69, 9.17) is 0 Å². The van der Waals surface area contributed by atoms with Gasteiger partial charge in [0.05, 0.1) is 4.92 Å². The van der Waals surface area contributed by atoms with E-state index in [0.717, 1.165) is 0 Å². The third-order valence-corrected chi connectivity index (χ3v) is 2.14. The van der Waals surface area contributed by atoms with Crippen molar-refractivity contribution in [1.29, 1.82) is 0 Å². The molecule has 0 amide bonds. The number of Topliss-reactive ketones (excluding diaryl/α,β-unsaturated/α-hetero) is 1. The molecule has 0 radical (unpaired) electrons. The largest absolute Gasteiger partial charge is 0.299 e. The highest BCUT2D eigenvalue weighted by atomic mass is 16.6. The predicted octanol–water partition coefficient (Wildman–Crippen LogP) is 2.36. The lowest BCUT2D eigenvalue weighted by Gasteiger charge is -2.03. The van der Waals surface area contributed by atoms with E-state index in [1.165, 1.54) is 12.1 Å². The SMILES string of the molecule is CC(C)C(=O)Cc1cccc([N+](=O)[O-])c1. The Labute approximate surface area is 88.1 Å². The summed E-state index contributed by atoms with van der Waals surface area (Å²) in [5.41, 5.74) is 0.729. The van der Waals surface area contributed by atoms with Crippen LogP contribution < -0.4 is 0 Å². The molecule has 0 N–H and O–H groups in total. The van der Waals surface area contributed by atoms with Crippen molar-refractivity contribution in [3.8, 4) is 0 Å². The van der Waals surface area contributed by atoms with Crippen molar-refractivity contribution in [2.75, 3.05) is 0 Å². The van der Waals surface area contributed by atoms with Crippen LogP contribution in [0.25, 0.3) is 0 Å². The number of benzene rings is 1. The summed E-state index contributed by atoms with van der Waals surface area (Å²) in [6.07, 6.45) is 0.263. The third kappa shape index (κ3) is 3.16. The zero-order chi connectivity index (χ0) is 11.4. The second-order valence-electron chi connectivity index (χ2n) is 3.72. The smallest absolute Gasteiger partial charge is 0.269 e. The average Bonchev–Trinajstić information content (AvgIpc) is 2.18. The number of ketones is 1. The quantitative estimate of drug-likeness (QED) is 0.562. The fourth-order valence-corrected chi connectivity index (χ4v) is 1.19. The summed E-state index contributed by atoms with van der Waals surface area (Å²) in [5.74, 6) is 0.0553. The van der Waals surface area contributed by atoms with E-state index in [-0.39, 0.29) is 23.8 Å². The molecule has 0 spiro atoms. The summed E-state index contributed by atoms with van der Waals surface area (Å²) in [5, 5.41) is 10.5. The first-order valence-corrected chi connectivity index (χ1v) is 4.76. The van der Waals surface area contributed by atoms with Crippen molar-refractivity contribution in [3.63, 3.8) is 0 Å². The molecule has 1 rings (SSSR count). The van der Waals surface area contributed by atoms with E-state index in [2.05, 4.69) is 0 Å². The second-order valence-corrected chi connectivity index (χ2v) is 3.72. The molecule has 1 aromatic carbocycles. The lowest BCUT2D eigenvalue weighted by molar-refractivity contribution is -0.384. The molecule has 0 saturated heterocycles. The standard InChI is InChI=1S/C11H13NO3/c1-8(2)11(13)7-9-4-3-5-10(6-9)12(14)15/h3-6,8H,7H2,1-2H3. The highest BCUT2D eigenvalue weighted by Gasteiger charge is 2.11. The normalized spacial score (nSPS) is 10.3. The zero-order valence-corrected chi connectivity index (χ0v) is 8.77. The van der Waals surface area contributed by atoms with Crippen molar-refractivity contribution in [2.45, 2.75) is 20.3 Å². The third-order valence-electron chi connectivity index (χ3n) is 2.14. The van der Waals surface area contributed by atoms with Crippen LogP contribution in [-0.4, -0.2) is 10.7 Å². The topological polar surface area (TPSA) is 60.2 Å². The van der Waals surface area contributed by atoms with Gasteiger partial charge in [-0.2, -0.15) is 0 Å². The predicted molar refractivity (Wildman–Crippen MR) is 56.6 cm³/mol. The van der Waals surface area contributed by atoms with Crippen LogP contribution in [0.4, 0.5) is 5.69 Å². The van der Waals surface area contributed by atoms with Gasteiger partial charge in [0.2, 0.25) is 0 Å². The van der Waals surface area contributed by atoms with Crippen LogP contribution in [0.2, 0.25) is 0 Å². The molecule has 80 valence electrons. The summed E-state index contributed by atoms with van der Waals surface area (Å²) in [7, 11) is 0. The second kappa shape index (κ2) is 4.68. The molecule has 15 heavy (non-hydrogen) atoms. The van der Waals surface area contributed by atoms with E-state index in [1.807, 2.05) is 13.8 Å². The summed E-state index contributed by atoms with van der Waals surface area (Å²) >= 11 is 0. The van der Waals surface area contributed by atoms with E-state index in [1.54, 1.807) is 12.1 Å². The van der Waals surface area contributed by atoms with Crippen molar-refractivity contribution in [2.24, 2.45) is 5.92 Å². The monoisotopic (exact) mass is 207 g/mol. The van der Waals surface area contributed by atoms with Crippen LogP contribution in [-0.2, 0) is 11.2 Å². The lowest BCUT2D eigenvalue weighted by atomic mass is 10.0. The first-order valence-electron chi connectivity index (χ1n) is 4.76. The van der Waals surface area contributed by atoms with Gasteiger partial charge in [-0.05, 0) is 5.56 Å². The Balaban J connectivity index is 2.83. The van der Waals surface area contributed by atoms with Crippen LogP contribution in [0.15, 0.2) is 24.3 Å². The summed E-state index contributed by atoms with van der Waals surface area (Å²) in [6.45, 7) is 3.64. The maximum absolute atomic E-state index is 11.4. The number of non-ortho nitro benzene ring substituents is 1. The van der Waals surface area contributed by atoms with Crippen LogP contribution in [0.3, 0.4) is 0 Å². The average molecular weight is 207 g/mol. The Bertz CT molecular complexity index is 385. The first-order chi connectivity index (χ1) is 7.00. The maximum atomic E-state index is 11.4. The minimum Gasteiger partial charge on any atom is -0.299 e. The van der Waals surface area contributed by atoms with Gasteiger partial charge in [-0.15, -0.1) is 0 Å². The molecule has 1 aromatic rings. The Kier molecular flexibility index (Phi) is 3.55. The number of nitrogens with zero attached hydrogens (tertiary/aromatic N) is 1. The van der Waals surface area contributed by atoms with E-state index in [0.29, 0.717) is 5.56 Å². The van der Waals surface area contributed by atoms with Gasteiger partial charge in [0.1, 0.15) is 5.78 Å². The van der Waals surface area contributed by atoms with Gasteiger partial charge in [-0.1, -0.05) is 26.0 Å². The molecular weight excluding hydrogens is 194 g/mol. The molecule has 0 atom stereocenters. The summed E-state index contributed by atoms with van der Waals surface area (Å²) in [6, 6.07) is 6.19. The molecule has 0 unspecified atom stereocenters. The molecule has 0 saturated carbocycles. The maximum Gasteiger partial charge on any atom is 0.269 e. The van der Waals surface area contributed by atoms with Crippen LogP contribution in [0.1, 0.15) is 19.4 Å². The number of nitro groups is 1. The molecule has 0 aromatic heterocycles. The number of carbonyl (C=O) groups is 1. The highest BCUT2D eigenvalue weighted by Crippen LogP contribution is 2.14. The van der Waals surface area contributed by atoms with Gasteiger partial charge in [0.15, 0.2) is 0 Å². The van der Waals surface area contributed by atoms with Crippen molar-refractivity contribution >= 4 is 11.5 Å². The fourth-order valence-electron chi connectivity index (χ4n) is 1.19. The van der Waals surface area contributed by atoms with Gasteiger partial charge in [-0.25, -0.2) is 0 Å². The molecule has 0 aliphatic carbocycles. The van der Waals surface area contributed by atoms with Crippen LogP contribution in [0, 0.1) is 16.0 Å². The Morgan fingerprint density at radius 2 is 2.13 bits per heavy atom. The molecule has 0 heterocycles. The summed E-state index contributed by atoms with van der Waals surface area (Å²) in [4.78, 5) is 21.5. The van der Waals surface area contributed by atoms with E-state index >= 15 is 0 Å². The number of hydrogen-bond acceptors (Lipinski definition) is 3. The van der Waals surface area contributed by atoms with Crippen molar-refractivity contribution in [1.82, 2.24) is 0 Å². The van der Waals surface area contributed by atoms with Gasteiger partial charge in [0.25, 0.3) is 5.69 Å². The van der Waals surface area contributed by atoms with Crippen molar-refractivity contribution < 1.29 is 9.72 Å². The molecule has 0 aliphatic heterocycles. The van der Waals surface area contributed by atoms with Crippen LogP contribution >= 0.6 is 0 Å². The molecule has 4 heteroatoms. The number of hydrogen-bond donors (Lipinski definition) is 0. The number of rotatable bonds is 4. The number of carbonyl (C=O) groups excluding carboxylic acids is 1. The lowest BCUT2D eigenvalue weighted by Crippen LogP contribution is -2.10. The molecule has 0 fully saturated rings. The molecule has 0 aliphatic rings. The first kappa shape index (κ1) is 11.4. The van der Waals surface area contributed by atoms with E-state index in [9.17, 15) is 14.9 Å².